The number of fused-ring (bicyclic) bond motifs is 1. The van der Waals surface area contributed by atoms with Gasteiger partial charge in [-0.05, 0) is 75.4 Å². The molecule has 4 rings (SSSR count). The molecule has 1 aliphatic rings. The number of rotatable bonds is 3. The van der Waals surface area contributed by atoms with E-state index in [9.17, 15) is 4.79 Å². The molecule has 1 aromatic carbocycles. The van der Waals surface area contributed by atoms with Crippen LogP contribution < -0.4 is 5.32 Å². The molecule has 1 aliphatic carbocycles. The minimum atomic E-state index is -0.532. The number of hydrogen-bond donors (Lipinski definition) is 1. The fraction of sp³-hybridized carbons (Fsp3) is 0.381. The molecule has 2 heterocycles. The van der Waals surface area contributed by atoms with Gasteiger partial charge in [-0.2, -0.15) is 4.98 Å². The van der Waals surface area contributed by atoms with Gasteiger partial charge in [-0.15, -0.1) is 0 Å². The summed E-state index contributed by atoms with van der Waals surface area (Å²) in [5, 5.41) is 4.00. The number of aromatic nitrogens is 3. The zero-order chi connectivity index (χ0) is 19.9. The highest BCUT2D eigenvalue weighted by Gasteiger charge is 2.25. The molecule has 3 aromatic rings. The molecule has 2 aromatic heterocycles. The van der Waals surface area contributed by atoms with E-state index >= 15 is 0 Å². The third-order valence-electron chi connectivity index (χ3n) is 4.81. The van der Waals surface area contributed by atoms with E-state index in [4.69, 9.17) is 16.3 Å². The molecule has 0 aliphatic heterocycles. The molecule has 0 bridgehead atoms. The van der Waals surface area contributed by atoms with Crippen molar-refractivity contribution in [2.45, 2.75) is 51.7 Å². The zero-order valence-corrected chi connectivity index (χ0v) is 17.0. The lowest BCUT2D eigenvalue weighted by molar-refractivity contribution is 0.0636. The van der Waals surface area contributed by atoms with Gasteiger partial charge in [-0.3, -0.25) is 5.32 Å². The van der Waals surface area contributed by atoms with Crippen LogP contribution >= 0.6 is 11.6 Å². The van der Waals surface area contributed by atoms with E-state index in [2.05, 4.69) is 25.9 Å². The van der Waals surface area contributed by atoms with Crippen LogP contribution in [0.4, 0.5) is 10.5 Å². The average molecular weight is 399 g/mol. The molecule has 1 amide bonds. The van der Waals surface area contributed by atoms with E-state index in [0.717, 1.165) is 35.1 Å². The third-order valence-corrected chi connectivity index (χ3v) is 4.99. The van der Waals surface area contributed by atoms with Crippen LogP contribution in [0, 0.1) is 0 Å². The maximum Gasteiger partial charge on any atom is 0.412 e. The normalized spacial score (nSPS) is 14.7. The molecule has 28 heavy (non-hydrogen) atoms. The number of benzene rings is 1. The van der Waals surface area contributed by atoms with Gasteiger partial charge in [0.25, 0.3) is 0 Å². The summed E-state index contributed by atoms with van der Waals surface area (Å²) in [5.41, 5.74) is 3.16. The van der Waals surface area contributed by atoms with Gasteiger partial charge in [0.1, 0.15) is 11.2 Å². The highest BCUT2D eigenvalue weighted by molar-refractivity contribution is 6.28. The number of hydrogen-bond acceptors (Lipinski definition) is 4. The van der Waals surface area contributed by atoms with Crippen LogP contribution in [0.5, 0.6) is 0 Å². The SMILES string of the molecule is CC(C)(C)OC(=O)Nc1ccc(-c2cc3cnc(Cl)nc3n2C2CCC2)cc1. The van der Waals surface area contributed by atoms with E-state index in [-0.39, 0.29) is 5.28 Å². The van der Waals surface area contributed by atoms with Crippen LogP contribution in [-0.4, -0.2) is 26.2 Å². The fourth-order valence-electron chi connectivity index (χ4n) is 3.37. The molecule has 0 radical (unpaired) electrons. The van der Waals surface area contributed by atoms with E-state index in [1.165, 1.54) is 6.42 Å². The molecule has 1 saturated carbocycles. The first-order valence-electron chi connectivity index (χ1n) is 9.44. The smallest absolute Gasteiger partial charge is 0.412 e. The maximum atomic E-state index is 12.0. The summed E-state index contributed by atoms with van der Waals surface area (Å²) < 4.78 is 7.57. The van der Waals surface area contributed by atoms with Crippen molar-refractivity contribution in [2.24, 2.45) is 0 Å². The Morgan fingerprint density at radius 1 is 1.25 bits per heavy atom. The van der Waals surface area contributed by atoms with Crippen molar-refractivity contribution in [2.75, 3.05) is 5.32 Å². The summed E-state index contributed by atoms with van der Waals surface area (Å²) in [4.78, 5) is 20.5. The molecule has 1 N–H and O–H groups in total. The Labute approximate surface area is 168 Å². The molecule has 6 nitrogen and oxygen atoms in total. The van der Waals surface area contributed by atoms with Gasteiger partial charge in [-0.25, -0.2) is 9.78 Å². The maximum absolute atomic E-state index is 12.0. The summed E-state index contributed by atoms with van der Waals surface area (Å²) >= 11 is 6.04. The number of amides is 1. The second-order valence-electron chi connectivity index (χ2n) is 8.11. The van der Waals surface area contributed by atoms with Crippen LogP contribution in [0.1, 0.15) is 46.1 Å². The van der Waals surface area contributed by atoms with Crippen LogP contribution in [0.3, 0.4) is 0 Å². The number of carbonyl (C=O) groups is 1. The van der Waals surface area contributed by atoms with Crippen molar-refractivity contribution in [3.8, 4) is 11.3 Å². The molecule has 7 heteroatoms. The number of nitrogens with zero attached hydrogens (tertiary/aromatic N) is 3. The Morgan fingerprint density at radius 2 is 1.96 bits per heavy atom. The first-order valence-corrected chi connectivity index (χ1v) is 9.82. The molecule has 0 spiro atoms. The Morgan fingerprint density at radius 3 is 2.57 bits per heavy atom. The van der Waals surface area contributed by atoms with Gasteiger partial charge in [-0.1, -0.05) is 12.1 Å². The average Bonchev–Trinajstić information content (AvgIpc) is 2.91. The zero-order valence-electron chi connectivity index (χ0n) is 16.2. The summed E-state index contributed by atoms with van der Waals surface area (Å²) in [6, 6.07) is 10.3. The summed E-state index contributed by atoms with van der Waals surface area (Å²) in [6.45, 7) is 5.51. The van der Waals surface area contributed by atoms with E-state index < -0.39 is 11.7 Å². The second kappa shape index (κ2) is 7.09. The highest BCUT2D eigenvalue weighted by atomic mass is 35.5. The number of anilines is 1. The Bertz CT molecular complexity index is 1020. The van der Waals surface area contributed by atoms with Crippen molar-refractivity contribution in [3.05, 3.63) is 41.8 Å². The lowest BCUT2D eigenvalue weighted by atomic mass is 9.92. The lowest BCUT2D eigenvalue weighted by Gasteiger charge is -2.29. The third kappa shape index (κ3) is 3.83. The summed E-state index contributed by atoms with van der Waals surface area (Å²) in [6.07, 6.45) is 4.80. The summed E-state index contributed by atoms with van der Waals surface area (Å²) in [7, 11) is 0. The molecule has 1 fully saturated rings. The predicted molar refractivity (Wildman–Crippen MR) is 111 cm³/mol. The molecule has 0 atom stereocenters. The number of nitrogens with one attached hydrogen (secondary N) is 1. The molecule has 0 unspecified atom stereocenters. The number of carbonyl (C=O) groups excluding carboxylic acids is 1. The minimum Gasteiger partial charge on any atom is -0.444 e. The fourth-order valence-corrected chi connectivity index (χ4v) is 3.50. The molecule has 0 saturated heterocycles. The standard InChI is InChI=1S/C21H23ClN4O2/c1-21(2,3)28-20(27)24-15-9-7-13(8-10-15)17-11-14-12-23-19(22)25-18(14)26(17)16-5-4-6-16/h7-12,16H,4-6H2,1-3H3,(H,24,27). The Kier molecular flexibility index (Phi) is 4.75. The molecular formula is C21H23ClN4O2. The topological polar surface area (TPSA) is 69.0 Å². The van der Waals surface area contributed by atoms with Crippen LogP contribution in [0.25, 0.3) is 22.3 Å². The van der Waals surface area contributed by atoms with Crippen molar-refractivity contribution in [3.63, 3.8) is 0 Å². The van der Waals surface area contributed by atoms with Gasteiger partial charge in [0.15, 0.2) is 0 Å². The molecular weight excluding hydrogens is 376 g/mol. The highest BCUT2D eigenvalue weighted by Crippen LogP contribution is 2.39. The first-order chi connectivity index (χ1) is 13.3. The van der Waals surface area contributed by atoms with Crippen molar-refractivity contribution in [1.82, 2.24) is 14.5 Å². The van der Waals surface area contributed by atoms with Crippen molar-refractivity contribution >= 4 is 34.4 Å². The van der Waals surface area contributed by atoms with E-state index in [1.807, 2.05) is 45.0 Å². The summed E-state index contributed by atoms with van der Waals surface area (Å²) in [5.74, 6) is 0. The Balaban J connectivity index is 1.64. The van der Waals surface area contributed by atoms with Crippen molar-refractivity contribution < 1.29 is 9.53 Å². The number of halogens is 1. The number of ether oxygens (including phenoxy) is 1. The minimum absolute atomic E-state index is 0.259. The lowest BCUT2D eigenvalue weighted by Crippen LogP contribution is -2.27. The van der Waals surface area contributed by atoms with Gasteiger partial charge < -0.3 is 9.30 Å². The largest absolute Gasteiger partial charge is 0.444 e. The van der Waals surface area contributed by atoms with Gasteiger partial charge >= 0.3 is 6.09 Å². The van der Waals surface area contributed by atoms with Crippen LogP contribution in [-0.2, 0) is 4.74 Å². The Hall–Kier alpha value is -2.60. The monoisotopic (exact) mass is 398 g/mol. The van der Waals surface area contributed by atoms with Gasteiger partial charge in [0, 0.05) is 23.3 Å². The van der Waals surface area contributed by atoms with Crippen LogP contribution in [0.2, 0.25) is 5.28 Å². The quantitative estimate of drug-likeness (QED) is 0.564. The van der Waals surface area contributed by atoms with Gasteiger partial charge in [0.05, 0.1) is 5.69 Å². The second-order valence-corrected chi connectivity index (χ2v) is 8.44. The van der Waals surface area contributed by atoms with E-state index in [1.54, 1.807) is 6.20 Å². The van der Waals surface area contributed by atoms with Gasteiger partial charge in [0.2, 0.25) is 5.28 Å². The molecule has 146 valence electrons. The van der Waals surface area contributed by atoms with Crippen molar-refractivity contribution in [1.29, 1.82) is 0 Å². The predicted octanol–water partition coefficient (Wildman–Crippen LogP) is 5.82. The van der Waals surface area contributed by atoms with E-state index in [0.29, 0.717) is 11.7 Å². The van der Waals surface area contributed by atoms with Crippen LogP contribution in [0.15, 0.2) is 36.5 Å². The first kappa shape index (κ1) is 18.7.